The van der Waals surface area contributed by atoms with Gasteiger partial charge in [0.05, 0.1) is 7.11 Å². The highest BCUT2D eigenvalue weighted by Crippen LogP contribution is 2.16. The minimum atomic E-state index is -0.668. The molecule has 0 radical (unpaired) electrons. The molecular formula is C14H15NO5. The third-order valence-corrected chi connectivity index (χ3v) is 2.15. The molecule has 0 fully saturated rings. The van der Waals surface area contributed by atoms with Crippen molar-refractivity contribution in [3.63, 3.8) is 0 Å². The van der Waals surface area contributed by atoms with Crippen molar-refractivity contribution in [2.45, 2.75) is 13.8 Å². The second kappa shape index (κ2) is 7.08. The maximum atomic E-state index is 11.5. The monoisotopic (exact) mass is 277 g/mol. The molecule has 0 saturated heterocycles. The van der Waals surface area contributed by atoms with Gasteiger partial charge in [-0.25, -0.2) is 4.79 Å². The van der Waals surface area contributed by atoms with Crippen molar-refractivity contribution in [1.29, 1.82) is 0 Å². The molecule has 0 unspecified atom stereocenters. The molecule has 0 aliphatic rings. The SMILES string of the molecule is COC(=O)/C(=C/c1cccc(OC(C)=O)c1)NC(C)=O. The van der Waals surface area contributed by atoms with E-state index in [0.717, 1.165) is 0 Å². The normalized spacial score (nSPS) is 10.7. The molecule has 0 aliphatic heterocycles. The summed E-state index contributed by atoms with van der Waals surface area (Å²) in [6.45, 7) is 2.58. The molecule has 0 saturated carbocycles. The molecule has 6 heteroatoms. The van der Waals surface area contributed by atoms with Gasteiger partial charge in [0.25, 0.3) is 0 Å². The van der Waals surface area contributed by atoms with Gasteiger partial charge in [-0.2, -0.15) is 0 Å². The van der Waals surface area contributed by atoms with Crippen molar-refractivity contribution >= 4 is 23.9 Å². The molecule has 20 heavy (non-hydrogen) atoms. The number of esters is 2. The predicted octanol–water partition coefficient (Wildman–Crippen LogP) is 1.26. The number of rotatable bonds is 4. The minimum Gasteiger partial charge on any atom is -0.464 e. The fraction of sp³-hybridized carbons (Fsp3) is 0.214. The van der Waals surface area contributed by atoms with Gasteiger partial charge in [0.1, 0.15) is 11.4 Å². The number of amides is 1. The van der Waals surface area contributed by atoms with E-state index in [1.807, 2.05) is 0 Å². The summed E-state index contributed by atoms with van der Waals surface area (Å²) in [5.41, 5.74) is 0.581. The summed E-state index contributed by atoms with van der Waals surface area (Å²) in [4.78, 5) is 33.4. The van der Waals surface area contributed by atoms with Crippen molar-refractivity contribution < 1.29 is 23.9 Å². The first-order chi connectivity index (χ1) is 9.42. The van der Waals surface area contributed by atoms with E-state index in [1.165, 1.54) is 27.0 Å². The van der Waals surface area contributed by atoms with E-state index in [4.69, 9.17) is 4.74 Å². The standard InChI is InChI=1S/C14H15NO5/c1-9(16)15-13(14(18)19-3)8-11-5-4-6-12(7-11)20-10(2)17/h4-8H,1-3H3,(H,15,16)/b13-8-. The summed E-state index contributed by atoms with van der Waals surface area (Å²) in [5, 5.41) is 2.38. The van der Waals surface area contributed by atoms with Crippen molar-refractivity contribution in [3.8, 4) is 5.75 Å². The molecule has 1 N–H and O–H groups in total. The van der Waals surface area contributed by atoms with E-state index in [9.17, 15) is 14.4 Å². The van der Waals surface area contributed by atoms with Gasteiger partial charge in [-0.15, -0.1) is 0 Å². The lowest BCUT2D eigenvalue weighted by atomic mass is 10.2. The Labute approximate surface area is 116 Å². The van der Waals surface area contributed by atoms with Crippen molar-refractivity contribution in [3.05, 3.63) is 35.5 Å². The van der Waals surface area contributed by atoms with Crippen LogP contribution in [0.1, 0.15) is 19.4 Å². The number of hydrogen-bond donors (Lipinski definition) is 1. The van der Waals surface area contributed by atoms with Crippen LogP contribution in [0.5, 0.6) is 5.75 Å². The number of hydrogen-bond acceptors (Lipinski definition) is 5. The molecule has 1 aromatic carbocycles. The van der Waals surface area contributed by atoms with Crippen LogP contribution in [0.25, 0.3) is 6.08 Å². The minimum absolute atomic E-state index is 0.0000231. The number of benzene rings is 1. The molecule has 0 atom stereocenters. The molecular weight excluding hydrogens is 262 g/mol. The van der Waals surface area contributed by atoms with Crippen LogP contribution in [0.15, 0.2) is 30.0 Å². The Hall–Kier alpha value is -2.63. The van der Waals surface area contributed by atoms with Crippen LogP contribution in [0.4, 0.5) is 0 Å². The van der Waals surface area contributed by atoms with E-state index < -0.39 is 17.8 Å². The van der Waals surface area contributed by atoms with Crippen LogP contribution in [0.3, 0.4) is 0 Å². The number of methoxy groups -OCH3 is 1. The largest absolute Gasteiger partial charge is 0.464 e. The quantitative estimate of drug-likeness (QED) is 0.509. The Morgan fingerprint density at radius 2 is 1.90 bits per heavy atom. The van der Waals surface area contributed by atoms with E-state index in [2.05, 4.69) is 10.1 Å². The van der Waals surface area contributed by atoms with Gasteiger partial charge in [-0.05, 0) is 23.8 Å². The highest BCUT2D eigenvalue weighted by Gasteiger charge is 2.11. The fourth-order valence-corrected chi connectivity index (χ4v) is 1.45. The zero-order chi connectivity index (χ0) is 15.1. The summed E-state index contributed by atoms with van der Waals surface area (Å²) >= 11 is 0. The molecule has 0 bridgehead atoms. The average molecular weight is 277 g/mol. The molecule has 0 heterocycles. The third kappa shape index (κ3) is 4.93. The van der Waals surface area contributed by atoms with Crippen LogP contribution in [0.2, 0.25) is 0 Å². The lowest BCUT2D eigenvalue weighted by Crippen LogP contribution is -2.25. The first kappa shape index (κ1) is 15.4. The number of carbonyl (C=O) groups excluding carboxylic acids is 3. The molecule has 0 aromatic heterocycles. The lowest BCUT2D eigenvalue weighted by molar-refractivity contribution is -0.137. The molecule has 1 rings (SSSR count). The first-order valence-electron chi connectivity index (χ1n) is 5.78. The molecule has 6 nitrogen and oxygen atoms in total. The smallest absolute Gasteiger partial charge is 0.354 e. The van der Waals surface area contributed by atoms with Gasteiger partial charge in [0, 0.05) is 13.8 Å². The summed E-state index contributed by atoms with van der Waals surface area (Å²) in [5.74, 6) is -1.16. The zero-order valence-electron chi connectivity index (χ0n) is 11.4. The second-order valence-corrected chi connectivity index (χ2v) is 3.90. The molecule has 1 aromatic rings. The van der Waals surface area contributed by atoms with E-state index in [1.54, 1.807) is 24.3 Å². The van der Waals surface area contributed by atoms with Crippen molar-refractivity contribution in [2.75, 3.05) is 7.11 Å². The van der Waals surface area contributed by atoms with Gasteiger partial charge in [0.15, 0.2) is 0 Å². The van der Waals surface area contributed by atoms with Crippen molar-refractivity contribution in [2.24, 2.45) is 0 Å². The fourth-order valence-electron chi connectivity index (χ4n) is 1.45. The number of nitrogens with one attached hydrogen (secondary N) is 1. The average Bonchev–Trinajstić information content (AvgIpc) is 2.36. The van der Waals surface area contributed by atoms with Crippen LogP contribution < -0.4 is 10.1 Å². The first-order valence-corrected chi connectivity index (χ1v) is 5.78. The van der Waals surface area contributed by atoms with Crippen LogP contribution in [0, 0.1) is 0 Å². The molecule has 106 valence electrons. The predicted molar refractivity (Wildman–Crippen MR) is 71.6 cm³/mol. The Bertz CT molecular complexity index is 562. The van der Waals surface area contributed by atoms with Gasteiger partial charge in [-0.1, -0.05) is 12.1 Å². The Balaban J connectivity index is 3.06. The molecule has 0 spiro atoms. The van der Waals surface area contributed by atoms with E-state index in [0.29, 0.717) is 11.3 Å². The topological polar surface area (TPSA) is 81.7 Å². The highest BCUT2D eigenvalue weighted by atomic mass is 16.5. The van der Waals surface area contributed by atoms with Crippen LogP contribution in [-0.2, 0) is 19.1 Å². The summed E-state index contributed by atoms with van der Waals surface area (Å²) in [7, 11) is 1.22. The van der Waals surface area contributed by atoms with Crippen molar-refractivity contribution in [1.82, 2.24) is 5.32 Å². The molecule has 1 amide bonds. The van der Waals surface area contributed by atoms with Crippen LogP contribution in [-0.4, -0.2) is 25.0 Å². The Kier molecular flexibility index (Phi) is 5.46. The van der Waals surface area contributed by atoms with Crippen LogP contribution >= 0.6 is 0 Å². The zero-order valence-corrected chi connectivity index (χ0v) is 11.4. The van der Waals surface area contributed by atoms with Gasteiger partial charge >= 0.3 is 11.9 Å². The summed E-state index contributed by atoms with van der Waals surface area (Å²) in [6, 6.07) is 6.52. The summed E-state index contributed by atoms with van der Waals surface area (Å²) in [6.07, 6.45) is 1.43. The Morgan fingerprint density at radius 3 is 2.45 bits per heavy atom. The van der Waals surface area contributed by atoms with E-state index in [-0.39, 0.29) is 5.70 Å². The maximum Gasteiger partial charge on any atom is 0.354 e. The highest BCUT2D eigenvalue weighted by molar-refractivity contribution is 5.97. The Morgan fingerprint density at radius 1 is 1.20 bits per heavy atom. The van der Waals surface area contributed by atoms with Gasteiger partial charge in [-0.3, -0.25) is 9.59 Å². The number of carbonyl (C=O) groups is 3. The molecule has 0 aliphatic carbocycles. The van der Waals surface area contributed by atoms with E-state index >= 15 is 0 Å². The lowest BCUT2D eigenvalue weighted by Gasteiger charge is -2.07. The van der Waals surface area contributed by atoms with Gasteiger partial charge < -0.3 is 14.8 Å². The summed E-state index contributed by atoms with van der Waals surface area (Å²) < 4.78 is 9.51. The maximum absolute atomic E-state index is 11.5. The van der Waals surface area contributed by atoms with Gasteiger partial charge in [0.2, 0.25) is 5.91 Å². The number of ether oxygens (including phenoxy) is 2. The second-order valence-electron chi connectivity index (χ2n) is 3.90. The third-order valence-electron chi connectivity index (χ3n) is 2.15.